The van der Waals surface area contributed by atoms with Crippen molar-refractivity contribution >= 4 is 9.84 Å². The maximum absolute atomic E-state index is 12.9. The number of hydrogen-bond donors (Lipinski definition) is 0. The molecule has 0 aliphatic heterocycles. The molecular weight excluding hydrogens is 384 g/mol. The van der Waals surface area contributed by atoms with E-state index < -0.39 is 9.84 Å². The summed E-state index contributed by atoms with van der Waals surface area (Å²) in [5.41, 5.74) is 3.03. The van der Waals surface area contributed by atoms with E-state index in [1.807, 2.05) is 74.1 Å². The normalized spacial score (nSPS) is 12.0. The second kappa shape index (κ2) is 9.33. The highest BCUT2D eigenvalue weighted by atomic mass is 32.2. The molecule has 0 aliphatic carbocycles. The van der Waals surface area contributed by atoms with Crippen molar-refractivity contribution < 1.29 is 8.42 Å². The van der Waals surface area contributed by atoms with Gasteiger partial charge in [0.1, 0.15) is 0 Å². The highest BCUT2D eigenvalue weighted by molar-refractivity contribution is 7.91. The SMILES string of the molecule is CC(C)CS(=O)(=O)c1ncc(CN(C)Cc2cccnc2)n1Cc1ccccc1. The van der Waals surface area contributed by atoms with Gasteiger partial charge >= 0.3 is 0 Å². The molecule has 2 aromatic heterocycles. The van der Waals surface area contributed by atoms with E-state index in [1.165, 1.54) is 0 Å². The Balaban J connectivity index is 1.89. The summed E-state index contributed by atoms with van der Waals surface area (Å²) in [5, 5.41) is 0.153. The van der Waals surface area contributed by atoms with Crippen LogP contribution in [0.25, 0.3) is 0 Å². The van der Waals surface area contributed by atoms with E-state index in [2.05, 4.69) is 14.9 Å². The average molecular weight is 413 g/mol. The number of hydrogen-bond acceptors (Lipinski definition) is 5. The number of rotatable bonds is 9. The van der Waals surface area contributed by atoms with Crippen LogP contribution in [0.15, 0.2) is 66.2 Å². The average Bonchev–Trinajstić information content (AvgIpc) is 3.05. The van der Waals surface area contributed by atoms with Crippen LogP contribution in [-0.2, 0) is 29.5 Å². The van der Waals surface area contributed by atoms with Crippen LogP contribution in [0.1, 0.15) is 30.7 Å². The third kappa shape index (κ3) is 5.74. The number of imidazole rings is 1. The van der Waals surface area contributed by atoms with Crippen molar-refractivity contribution in [2.45, 2.75) is 38.6 Å². The molecule has 0 unspecified atom stereocenters. The van der Waals surface area contributed by atoms with Crippen molar-refractivity contribution in [2.24, 2.45) is 5.92 Å². The lowest BCUT2D eigenvalue weighted by molar-refractivity contribution is 0.308. The van der Waals surface area contributed by atoms with Crippen LogP contribution in [0, 0.1) is 5.92 Å². The Hall–Kier alpha value is -2.51. The van der Waals surface area contributed by atoms with Crippen LogP contribution in [0.5, 0.6) is 0 Å². The third-order valence-electron chi connectivity index (χ3n) is 4.52. The van der Waals surface area contributed by atoms with Gasteiger partial charge < -0.3 is 4.57 Å². The molecule has 0 saturated heterocycles. The van der Waals surface area contributed by atoms with Gasteiger partial charge in [-0.3, -0.25) is 9.88 Å². The van der Waals surface area contributed by atoms with E-state index in [1.54, 1.807) is 12.4 Å². The van der Waals surface area contributed by atoms with Gasteiger partial charge in [-0.05, 0) is 30.2 Å². The molecule has 3 rings (SSSR count). The summed E-state index contributed by atoms with van der Waals surface area (Å²) in [7, 11) is -1.45. The minimum Gasteiger partial charge on any atom is -0.313 e. The summed E-state index contributed by atoms with van der Waals surface area (Å²) >= 11 is 0. The van der Waals surface area contributed by atoms with Crippen LogP contribution in [0.4, 0.5) is 0 Å². The van der Waals surface area contributed by atoms with Gasteiger partial charge in [0, 0.05) is 25.5 Å². The molecule has 0 aliphatic rings. The Morgan fingerprint density at radius 3 is 2.38 bits per heavy atom. The molecule has 0 bridgehead atoms. The lowest BCUT2D eigenvalue weighted by Crippen LogP contribution is -2.22. The maximum atomic E-state index is 12.9. The van der Waals surface area contributed by atoms with Gasteiger partial charge in [-0.15, -0.1) is 0 Å². The van der Waals surface area contributed by atoms with Crippen molar-refractivity contribution in [3.05, 3.63) is 77.9 Å². The molecule has 0 N–H and O–H groups in total. The summed E-state index contributed by atoms with van der Waals surface area (Å²) in [5.74, 6) is 0.127. The molecule has 1 aromatic carbocycles. The Bertz CT molecular complexity index is 1020. The second-order valence-electron chi connectivity index (χ2n) is 7.81. The monoisotopic (exact) mass is 412 g/mol. The van der Waals surface area contributed by atoms with E-state index in [-0.39, 0.29) is 16.8 Å². The predicted octanol–water partition coefficient (Wildman–Crippen LogP) is 3.39. The predicted molar refractivity (Wildman–Crippen MR) is 114 cm³/mol. The fourth-order valence-electron chi connectivity index (χ4n) is 3.35. The Morgan fingerprint density at radius 2 is 1.72 bits per heavy atom. The minimum atomic E-state index is -3.46. The number of sulfone groups is 1. The van der Waals surface area contributed by atoms with Gasteiger partial charge in [0.25, 0.3) is 0 Å². The third-order valence-corrected chi connectivity index (χ3v) is 6.51. The summed E-state index contributed by atoms with van der Waals surface area (Å²) in [6.45, 7) is 5.60. The highest BCUT2D eigenvalue weighted by Crippen LogP contribution is 2.19. The van der Waals surface area contributed by atoms with E-state index in [0.29, 0.717) is 13.1 Å². The molecule has 0 spiro atoms. The van der Waals surface area contributed by atoms with Gasteiger partial charge in [-0.2, -0.15) is 0 Å². The highest BCUT2D eigenvalue weighted by Gasteiger charge is 2.25. The lowest BCUT2D eigenvalue weighted by Gasteiger charge is -2.19. The first-order valence-corrected chi connectivity index (χ1v) is 11.4. The van der Waals surface area contributed by atoms with Crippen molar-refractivity contribution in [1.29, 1.82) is 0 Å². The molecule has 0 amide bonds. The van der Waals surface area contributed by atoms with Gasteiger partial charge in [0.15, 0.2) is 0 Å². The van der Waals surface area contributed by atoms with Gasteiger partial charge in [0.2, 0.25) is 15.0 Å². The smallest absolute Gasteiger partial charge is 0.228 e. The first-order valence-electron chi connectivity index (χ1n) is 9.73. The zero-order valence-corrected chi connectivity index (χ0v) is 18.0. The zero-order chi connectivity index (χ0) is 20.9. The van der Waals surface area contributed by atoms with Crippen LogP contribution < -0.4 is 0 Å². The second-order valence-corrected chi connectivity index (χ2v) is 9.74. The molecule has 0 radical (unpaired) electrons. The maximum Gasteiger partial charge on any atom is 0.228 e. The Morgan fingerprint density at radius 1 is 1.00 bits per heavy atom. The number of nitrogens with zero attached hydrogens (tertiary/aromatic N) is 4. The molecule has 154 valence electrons. The van der Waals surface area contributed by atoms with Crippen LogP contribution in [0.3, 0.4) is 0 Å². The number of pyridine rings is 1. The molecule has 2 heterocycles. The zero-order valence-electron chi connectivity index (χ0n) is 17.2. The van der Waals surface area contributed by atoms with E-state index in [4.69, 9.17) is 0 Å². The number of benzene rings is 1. The molecule has 0 atom stereocenters. The molecule has 29 heavy (non-hydrogen) atoms. The van der Waals surface area contributed by atoms with Crippen molar-refractivity contribution in [3.63, 3.8) is 0 Å². The molecule has 6 nitrogen and oxygen atoms in total. The van der Waals surface area contributed by atoms with Gasteiger partial charge in [-0.1, -0.05) is 50.2 Å². The van der Waals surface area contributed by atoms with E-state index in [9.17, 15) is 8.42 Å². The summed E-state index contributed by atoms with van der Waals surface area (Å²) < 4.78 is 27.7. The fourth-order valence-corrected chi connectivity index (χ4v) is 5.11. The first-order chi connectivity index (χ1) is 13.8. The quantitative estimate of drug-likeness (QED) is 0.539. The molecular formula is C22H28N4O2S. The summed E-state index contributed by atoms with van der Waals surface area (Å²) in [4.78, 5) is 10.6. The summed E-state index contributed by atoms with van der Waals surface area (Å²) in [6, 6.07) is 13.8. The number of aromatic nitrogens is 3. The lowest BCUT2D eigenvalue weighted by atomic mass is 10.2. The largest absolute Gasteiger partial charge is 0.313 e. The molecule has 0 fully saturated rings. The van der Waals surface area contributed by atoms with Crippen molar-refractivity contribution in [1.82, 2.24) is 19.4 Å². The van der Waals surface area contributed by atoms with Crippen molar-refractivity contribution in [3.8, 4) is 0 Å². The molecule has 3 aromatic rings. The topological polar surface area (TPSA) is 68.1 Å². The molecule has 7 heteroatoms. The Labute approximate surface area is 173 Å². The van der Waals surface area contributed by atoms with Gasteiger partial charge in [0.05, 0.1) is 24.2 Å². The van der Waals surface area contributed by atoms with E-state index >= 15 is 0 Å². The van der Waals surface area contributed by atoms with E-state index in [0.717, 1.165) is 23.4 Å². The first kappa shape index (κ1) is 21.2. The van der Waals surface area contributed by atoms with Crippen molar-refractivity contribution in [2.75, 3.05) is 12.8 Å². The Kier molecular flexibility index (Phi) is 6.82. The minimum absolute atomic E-state index is 0.0404. The van der Waals surface area contributed by atoms with Crippen LogP contribution in [0.2, 0.25) is 0 Å². The fraction of sp³-hybridized carbons (Fsp3) is 0.364. The van der Waals surface area contributed by atoms with Crippen LogP contribution >= 0.6 is 0 Å². The molecule has 0 saturated carbocycles. The van der Waals surface area contributed by atoms with Gasteiger partial charge in [-0.25, -0.2) is 13.4 Å². The summed E-state index contributed by atoms with van der Waals surface area (Å²) in [6.07, 6.45) is 5.29. The standard InChI is InChI=1S/C22H28N4O2S/c1-18(2)17-29(27,28)22-24-13-21(26(22)15-19-8-5-4-6-9-19)16-25(3)14-20-10-7-11-23-12-20/h4-13,18H,14-17H2,1-3H3. The van der Waals surface area contributed by atoms with Crippen LogP contribution in [-0.4, -0.2) is 40.7 Å².